The molecule has 0 atom stereocenters. The van der Waals surface area contributed by atoms with Crippen molar-refractivity contribution < 1.29 is 13.2 Å². The average molecular weight is 368 g/mol. The fraction of sp³-hybridized carbons (Fsp3) is 0.611. The van der Waals surface area contributed by atoms with Crippen LogP contribution in [0, 0.1) is 0 Å². The highest BCUT2D eigenvalue weighted by atomic mass is 32.2. The normalized spacial score (nSPS) is 17.9. The maximum Gasteiger partial charge on any atom is 0.241 e. The molecule has 1 aliphatic rings. The minimum absolute atomic E-state index is 0.138. The molecule has 1 amide bonds. The van der Waals surface area contributed by atoms with Gasteiger partial charge < -0.3 is 11.1 Å². The van der Waals surface area contributed by atoms with Gasteiger partial charge in [-0.15, -0.1) is 0 Å². The molecule has 1 saturated carbocycles. The van der Waals surface area contributed by atoms with Crippen molar-refractivity contribution in [3.63, 3.8) is 0 Å². The Morgan fingerprint density at radius 3 is 2.36 bits per heavy atom. The lowest BCUT2D eigenvalue weighted by atomic mass is 9.82. The molecule has 2 rings (SSSR count). The molecule has 1 aliphatic carbocycles. The topological polar surface area (TPSA) is 101 Å². The number of rotatable bonds is 5. The molecule has 0 heterocycles. The zero-order valence-electron chi connectivity index (χ0n) is 15.3. The van der Waals surface area contributed by atoms with E-state index in [0.29, 0.717) is 18.4 Å². The van der Waals surface area contributed by atoms with Crippen molar-refractivity contribution in [2.45, 2.75) is 75.4 Å². The van der Waals surface area contributed by atoms with Crippen LogP contribution in [0.3, 0.4) is 0 Å². The summed E-state index contributed by atoms with van der Waals surface area (Å²) < 4.78 is 27.9. The standard InChI is InChI=1S/C18H29N3O3S/c1-17(2,3)21-25(23,24)15-10-6-5-9-14(15)13-20-16(22)18(19)11-7-4-8-12-18/h5-6,9-10,21H,4,7-8,11-13,19H2,1-3H3,(H,20,22). The Morgan fingerprint density at radius 2 is 1.76 bits per heavy atom. The van der Waals surface area contributed by atoms with E-state index < -0.39 is 21.1 Å². The number of hydrogen-bond donors (Lipinski definition) is 3. The maximum absolute atomic E-state index is 12.6. The summed E-state index contributed by atoms with van der Waals surface area (Å²) >= 11 is 0. The quantitative estimate of drug-likeness (QED) is 0.741. The average Bonchev–Trinajstić information content (AvgIpc) is 2.51. The Kier molecular flexibility index (Phi) is 5.91. The van der Waals surface area contributed by atoms with Gasteiger partial charge in [0.2, 0.25) is 15.9 Å². The van der Waals surface area contributed by atoms with E-state index in [9.17, 15) is 13.2 Å². The van der Waals surface area contributed by atoms with Gasteiger partial charge in [-0.2, -0.15) is 0 Å². The first-order valence-corrected chi connectivity index (χ1v) is 10.2. The molecule has 0 unspecified atom stereocenters. The van der Waals surface area contributed by atoms with Crippen LogP contribution >= 0.6 is 0 Å². The van der Waals surface area contributed by atoms with Crippen molar-refractivity contribution in [3.05, 3.63) is 29.8 Å². The first-order chi connectivity index (χ1) is 11.5. The molecule has 0 aromatic heterocycles. The van der Waals surface area contributed by atoms with Gasteiger partial charge in [0.05, 0.1) is 10.4 Å². The van der Waals surface area contributed by atoms with Crippen molar-refractivity contribution in [1.82, 2.24) is 10.0 Å². The highest BCUT2D eigenvalue weighted by Gasteiger charge is 2.35. The molecule has 0 saturated heterocycles. The summed E-state index contributed by atoms with van der Waals surface area (Å²) in [5, 5.41) is 2.83. The smallest absolute Gasteiger partial charge is 0.241 e. The minimum Gasteiger partial charge on any atom is -0.350 e. The number of nitrogens with one attached hydrogen (secondary N) is 2. The second-order valence-corrected chi connectivity index (χ2v) is 9.51. The molecule has 0 bridgehead atoms. The van der Waals surface area contributed by atoms with E-state index in [1.807, 2.05) is 0 Å². The molecule has 0 radical (unpaired) electrons. The Labute approximate surface area is 150 Å². The fourth-order valence-corrected chi connectivity index (χ4v) is 4.79. The second-order valence-electron chi connectivity index (χ2n) is 7.86. The van der Waals surface area contributed by atoms with Crippen molar-refractivity contribution >= 4 is 15.9 Å². The molecule has 6 nitrogen and oxygen atoms in total. The van der Waals surface area contributed by atoms with Crippen molar-refractivity contribution in [1.29, 1.82) is 0 Å². The van der Waals surface area contributed by atoms with E-state index in [2.05, 4.69) is 10.0 Å². The first-order valence-electron chi connectivity index (χ1n) is 8.73. The lowest BCUT2D eigenvalue weighted by Gasteiger charge is -2.32. The number of carbonyl (C=O) groups excluding carboxylic acids is 1. The molecular weight excluding hydrogens is 338 g/mol. The van der Waals surface area contributed by atoms with E-state index in [1.54, 1.807) is 45.0 Å². The predicted molar refractivity (Wildman–Crippen MR) is 98.4 cm³/mol. The first kappa shape index (κ1) is 19.9. The molecule has 1 fully saturated rings. The number of amides is 1. The Balaban J connectivity index is 2.14. The number of hydrogen-bond acceptors (Lipinski definition) is 4. The van der Waals surface area contributed by atoms with Gasteiger partial charge in [0, 0.05) is 12.1 Å². The maximum atomic E-state index is 12.6. The summed E-state index contributed by atoms with van der Waals surface area (Å²) in [6.45, 7) is 5.50. The van der Waals surface area contributed by atoms with Crippen molar-refractivity contribution in [2.75, 3.05) is 0 Å². The van der Waals surface area contributed by atoms with Gasteiger partial charge in [0.25, 0.3) is 0 Å². The predicted octanol–water partition coefficient (Wildman–Crippen LogP) is 2.04. The Hall–Kier alpha value is -1.44. The second kappa shape index (κ2) is 7.43. The summed E-state index contributed by atoms with van der Waals surface area (Å²) in [5.41, 5.74) is 5.36. The molecule has 7 heteroatoms. The highest BCUT2D eigenvalue weighted by molar-refractivity contribution is 7.89. The van der Waals surface area contributed by atoms with Crippen molar-refractivity contribution in [3.8, 4) is 0 Å². The van der Waals surface area contributed by atoms with Gasteiger partial charge in [-0.1, -0.05) is 37.5 Å². The molecule has 25 heavy (non-hydrogen) atoms. The fourth-order valence-electron chi connectivity index (χ4n) is 3.13. The lowest BCUT2D eigenvalue weighted by molar-refractivity contribution is -0.127. The summed E-state index contributed by atoms with van der Waals surface area (Å²) in [5.74, 6) is -0.205. The zero-order chi connectivity index (χ0) is 18.7. The van der Waals surface area contributed by atoms with Crippen LogP contribution in [0.1, 0.15) is 58.4 Å². The lowest BCUT2D eigenvalue weighted by Crippen LogP contribution is -2.54. The Morgan fingerprint density at radius 1 is 1.16 bits per heavy atom. The van der Waals surface area contributed by atoms with Crippen molar-refractivity contribution in [2.24, 2.45) is 5.73 Å². The highest BCUT2D eigenvalue weighted by Crippen LogP contribution is 2.26. The molecule has 0 aliphatic heterocycles. The minimum atomic E-state index is -3.67. The van der Waals surface area contributed by atoms with Crippen LogP contribution in [0.4, 0.5) is 0 Å². The molecule has 1 aromatic rings. The van der Waals surface area contributed by atoms with Crippen LogP contribution in [-0.2, 0) is 21.4 Å². The van der Waals surface area contributed by atoms with Crippen LogP contribution in [0.5, 0.6) is 0 Å². The van der Waals surface area contributed by atoms with Gasteiger partial charge in [0.1, 0.15) is 0 Å². The van der Waals surface area contributed by atoms with E-state index in [0.717, 1.165) is 19.3 Å². The van der Waals surface area contributed by atoms with Crippen LogP contribution in [0.25, 0.3) is 0 Å². The van der Waals surface area contributed by atoms with E-state index in [1.165, 1.54) is 0 Å². The zero-order valence-corrected chi connectivity index (χ0v) is 16.1. The monoisotopic (exact) mass is 367 g/mol. The van der Waals surface area contributed by atoms with E-state index in [4.69, 9.17) is 5.73 Å². The third kappa shape index (κ3) is 5.26. The third-order valence-corrected chi connectivity index (χ3v) is 6.20. The number of benzene rings is 1. The largest absolute Gasteiger partial charge is 0.350 e. The third-order valence-electron chi connectivity index (χ3n) is 4.34. The molecule has 1 aromatic carbocycles. The SMILES string of the molecule is CC(C)(C)NS(=O)(=O)c1ccccc1CNC(=O)C1(N)CCCCC1. The number of sulfonamides is 1. The Bertz CT molecular complexity index is 717. The van der Waals surface area contributed by atoms with E-state index in [-0.39, 0.29) is 17.3 Å². The van der Waals surface area contributed by atoms with Crippen LogP contribution in [0.2, 0.25) is 0 Å². The summed E-state index contributed by atoms with van der Waals surface area (Å²) in [6.07, 6.45) is 4.34. The van der Waals surface area contributed by atoms with Gasteiger partial charge in [-0.05, 0) is 45.2 Å². The summed E-state index contributed by atoms with van der Waals surface area (Å²) in [4.78, 5) is 12.7. The summed E-state index contributed by atoms with van der Waals surface area (Å²) in [6, 6.07) is 6.69. The molecule has 4 N–H and O–H groups in total. The summed E-state index contributed by atoms with van der Waals surface area (Å²) in [7, 11) is -3.67. The van der Waals surface area contributed by atoms with E-state index >= 15 is 0 Å². The molecule has 0 spiro atoms. The molecule has 140 valence electrons. The van der Waals surface area contributed by atoms with Gasteiger partial charge in [-0.25, -0.2) is 13.1 Å². The van der Waals surface area contributed by atoms with Gasteiger partial charge in [-0.3, -0.25) is 4.79 Å². The molecular formula is C18H29N3O3S. The van der Waals surface area contributed by atoms with Crippen LogP contribution in [-0.4, -0.2) is 25.4 Å². The van der Waals surface area contributed by atoms with Crippen LogP contribution < -0.4 is 15.8 Å². The van der Waals surface area contributed by atoms with Gasteiger partial charge >= 0.3 is 0 Å². The number of carbonyl (C=O) groups is 1. The van der Waals surface area contributed by atoms with Crippen LogP contribution in [0.15, 0.2) is 29.2 Å². The number of nitrogens with two attached hydrogens (primary N) is 1. The van der Waals surface area contributed by atoms with Gasteiger partial charge in [0.15, 0.2) is 0 Å².